The van der Waals surface area contributed by atoms with Crippen LogP contribution in [-0.4, -0.2) is 21.3 Å². The average molecular weight is 271 g/mol. The Labute approximate surface area is 107 Å². The summed E-state index contributed by atoms with van der Waals surface area (Å²) in [4.78, 5) is 3.89. The highest BCUT2D eigenvalue weighted by atomic mass is 19.2. The van der Waals surface area contributed by atoms with E-state index < -0.39 is 17.5 Å². The summed E-state index contributed by atoms with van der Waals surface area (Å²) < 4.78 is 40.2. The quantitative estimate of drug-likeness (QED) is 0.835. The number of rotatable bonds is 4. The van der Waals surface area contributed by atoms with Crippen LogP contribution in [0.3, 0.4) is 0 Å². The molecule has 0 saturated carbocycles. The number of nitrogens with zero attached hydrogens (tertiary/aromatic N) is 3. The molecule has 19 heavy (non-hydrogen) atoms. The number of hydrogen-bond donors (Lipinski definition) is 2. The zero-order valence-electron chi connectivity index (χ0n) is 10.1. The van der Waals surface area contributed by atoms with Gasteiger partial charge in [0.05, 0.1) is 5.69 Å². The molecule has 2 rings (SSSR count). The lowest BCUT2D eigenvalue weighted by molar-refractivity contribution is 0.446. The van der Waals surface area contributed by atoms with E-state index in [4.69, 9.17) is 5.73 Å². The molecule has 102 valence electrons. The smallest absolute Gasteiger partial charge is 0.244 e. The van der Waals surface area contributed by atoms with Crippen molar-refractivity contribution in [2.75, 3.05) is 17.6 Å². The second-order valence-corrected chi connectivity index (χ2v) is 3.86. The summed E-state index contributed by atoms with van der Waals surface area (Å²) in [5.41, 5.74) is 5.56. The van der Waals surface area contributed by atoms with E-state index in [0.717, 1.165) is 23.2 Å². The van der Waals surface area contributed by atoms with Crippen molar-refractivity contribution in [2.24, 2.45) is 0 Å². The Kier molecular flexibility index (Phi) is 3.59. The molecule has 5 nitrogen and oxygen atoms in total. The third-order valence-corrected chi connectivity index (χ3v) is 2.38. The van der Waals surface area contributed by atoms with Crippen LogP contribution in [0.2, 0.25) is 0 Å². The van der Waals surface area contributed by atoms with Gasteiger partial charge >= 0.3 is 0 Å². The van der Waals surface area contributed by atoms with Crippen molar-refractivity contribution in [2.45, 2.75) is 13.3 Å². The van der Waals surface area contributed by atoms with E-state index in [-0.39, 0.29) is 17.6 Å². The lowest BCUT2D eigenvalue weighted by Crippen LogP contribution is -2.05. The van der Waals surface area contributed by atoms with Crippen molar-refractivity contribution in [1.29, 1.82) is 0 Å². The van der Waals surface area contributed by atoms with Gasteiger partial charge in [-0.15, -0.1) is 5.10 Å². The van der Waals surface area contributed by atoms with E-state index in [1.807, 2.05) is 6.92 Å². The zero-order valence-corrected chi connectivity index (χ0v) is 10.1. The second kappa shape index (κ2) is 5.17. The van der Waals surface area contributed by atoms with Crippen molar-refractivity contribution >= 4 is 11.9 Å². The number of anilines is 2. The molecule has 1 aromatic carbocycles. The number of nitrogens with two attached hydrogens (primary N) is 1. The van der Waals surface area contributed by atoms with Crippen molar-refractivity contribution in [3.05, 3.63) is 29.6 Å². The van der Waals surface area contributed by atoms with E-state index >= 15 is 0 Å². The summed E-state index contributed by atoms with van der Waals surface area (Å²) in [7, 11) is 0. The van der Waals surface area contributed by atoms with Crippen LogP contribution < -0.4 is 11.1 Å². The molecule has 0 aliphatic rings. The second-order valence-electron chi connectivity index (χ2n) is 3.86. The first-order valence-corrected chi connectivity index (χ1v) is 5.64. The third kappa shape index (κ3) is 2.61. The van der Waals surface area contributed by atoms with Crippen molar-refractivity contribution in [3.63, 3.8) is 0 Å². The maximum absolute atomic E-state index is 13.1. The molecule has 0 fully saturated rings. The molecule has 0 saturated heterocycles. The summed E-state index contributed by atoms with van der Waals surface area (Å²) in [6, 6.07) is 1.60. The van der Waals surface area contributed by atoms with E-state index in [1.165, 1.54) is 0 Å². The predicted octanol–water partition coefficient (Wildman–Crippen LogP) is 2.09. The number of nitrogens with one attached hydrogen (secondary N) is 1. The third-order valence-electron chi connectivity index (χ3n) is 2.38. The number of benzene rings is 1. The Morgan fingerprint density at radius 1 is 1.26 bits per heavy atom. The van der Waals surface area contributed by atoms with Gasteiger partial charge in [-0.05, 0) is 6.42 Å². The van der Waals surface area contributed by atoms with Gasteiger partial charge in [0.15, 0.2) is 17.5 Å². The van der Waals surface area contributed by atoms with Crippen LogP contribution in [0.25, 0.3) is 5.69 Å². The summed E-state index contributed by atoms with van der Waals surface area (Å²) in [6.45, 7) is 2.59. The molecule has 0 spiro atoms. The molecule has 0 unspecified atom stereocenters. The minimum absolute atomic E-state index is 0.0362. The highest BCUT2D eigenvalue weighted by molar-refractivity contribution is 5.42. The first-order valence-electron chi connectivity index (χ1n) is 5.64. The molecule has 0 radical (unpaired) electrons. The molecule has 8 heteroatoms. The highest BCUT2D eigenvalue weighted by Gasteiger charge is 2.15. The summed E-state index contributed by atoms with van der Waals surface area (Å²) in [6.07, 6.45) is 0.855. The van der Waals surface area contributed by atoms with E-state index in [9.17, 15) is 13.2 Å². The Balaban J connectivity index is 2.39. The van der Waals surface area contributed by atoms with Crippen LogP contribution in [-0.2, 0) is 0 Å². The lowest BCUT2D eigenvalue weighted by Gasteiger charge is -2.04. The SMILES string of the molecule is CCCNc1nc(N)n(-c2cc(F)c(F)c(F)c2)n1. The molecule has 1 heterocycles. The zero-order chi connectivity index (χ0) is 14.0. The van der Waals surface area contributed by atoms with Crippen molar-refractivity contribution in [1.82, 2.24) is 14.8 Å². The van der Waals surface area contributed by atoms with Crippen LogP contribution in [0.1, 0.15) is 13.3 Å². The van der Waals surface area contributed by atoms with Crippen LogP contribution in [0, 0.1) is 17.5 Å². The maximum atomic E-state index is 13.1. The number of hydrogen-bond acceptors (Lipinski definition) is 4. The fourth-order valence-electron chi connectivity index (χ4n) is 1.49. The summed E-state index contributed by atoms with van der Waals surface area (Å²) in [5.74, 6) is -3.97. The standard InChI is InChI=1S/C11H12F3N5/c1-2-3-16-11-17-10(15)19(18-11)6-4-7(12)9(14)8(13)5-6/h4-5H,2-3H2,1H3,(H3,15,16,17,18). The molecular formula is C11H12F3N5. The monoisotopic (exact) mass is 271 g/mol. The lowest BCUT2D eigenvalue weighted by atomic mass is 10.3. The molecule has 0 aliphatic carbocycles. The van der Waals surface area contributed by atoms with Gasteiger partial charge in [0.2, 0.25) is 11.9 Å². The van der Waals surface area contributed by atoms with E-state index in [1.54, 1.807) is 0 Å². The van der Waals surface area contributed by atoms with Gasteiger partial charge in [-0.25, -0.2) is 13.2 Å². The maximum Gasteiger partial charge on any atom is 0.244 e. The van der Waals surface area contributed by atoms with Crippen LogP contribution in [0.4, 0.5) is 25.1 Å². The fourth-order valence-corrected chi connectivity index (χ4v) is 1.49. The molecule has 0 amide bonds. The largest absolute Gasteiger partial charge is 0.368 e. The minimum Gasteiger partial charge on any atom is -0.368 e. The van der Waals surface area contributed by atoms with Gasteiger partial charge in [-0.1, -0.05) is 6.92 Å². The van der Waals surface area contributed by atoms with Gasteiger partial charge in [0.25, 0.3) is 0 Å². The minimum atomic E-state index is -1.54. The predicted molar refractivity (Wildman–Crippen MR) is 64.4 cm³/mol. The van der Waals surface area contributed by atoms with Gasteiger partial charge in [-0.2, -0.15) is 9.67 Å². The summed E-state index contributed by atoms with van der Waals surface area (Å²) in [5, 5.41) is 6.82. The average Bonchev–Trinajstić information content (AvgIpc) is 2.74. The molecular weight excluding hydrogens is 259 g/mol. The van der Waals surface area contributed by atoms with Crippen LogP contribution >= 0.6 is 0 Å². The van der Waals surface area contributed by atoms with Crippen LogP contribution in [0.5, 0.6) is 0 Å². The van der Waals surface area contributed by atoms with Gasteiger partial charge < -0.3 is 11.1 Å². The molecule has 1 aromatic heterocycles. The Morgan fingerprint density at radius 3 is 2.47 bits per heavy atom. The molecule has 2 aromatic rings. The van der Waals surface area contributed by atoms with E-state index in [2.05, 4.69) is 15.4 Å². The highest BCUT2D eigenvalue weighted by Crippen LogP contribution is 2.19. The molecule has 0 aliphatic heterocycles. The summed E-state index contributed by atoms with van der Waals surface area (Å²) >= 11 is 0. The normalized spacial score (nSPS) is 10.7. The van der Waals surface area contributed by atoms with Gasteiger partial charge in [-0.3, -0.25) is 0 Å². The van der Waals surface area contributed by atoms with Crippen molar-refractivity contribution < 1.29 is 13.2 Å². The van der Waals surface area contributed by atoms with E-state index in [0.29, 0.717) is 6.54 Å². The van der Waals surface area contributed by atoms with Gasteiger partial charge in [0, 0.05) is 18.7 Å². The first-order chi connectivity index (χ1) is 9.02. The first kappa shape index (κ1) is 13.2. The Hall–Kier alpha value is -2.25. The number of nitrogen functional groups attached to an aromatic ring is 1. The van der Waals surface area contributed by atoms with Crippen LogP contribution in [0.15, 0.2) is 12.1 Å². The topological polar surface area (TPSA) is 68.8 Å². The number of halogens is 3. The fraction of sp³-hybridized carbons (Fsp3) is 0.273. The molecule has 0 atom stereocenters. The number of aromatic nitrogens is 3. The Morgan fingerprint density at radius 2 is 1.89 bits per heavy atom. The van der Waals surface area contributed by atoms with Crippen molar-refractivity contribution in [3.8, 4) is 5.69 Å². The Bertz CT molecular complexity index is 573. The van der Waals surface area contributed by atoms with Gasteiger partial charge in [0.1, 0.15) is 0 Å². The molecule has 0 bridgehead atoms. The molecule has 3 N–H and O–H groups in total.